The number of aliphatic imine (C=N–C) groups is 2. The Kier molecular flexibility index (Phi) is 167. The molecule has 1 saturated heterocycles. The van der Waals surface area contributed by atoms with Crippen LogP contribution < -0.4 is 5.32 Å². The van der Waals surface area contributed by atoms with E-state index in [2.05, 4.69) is 27.5 Å². The number of hydrogen-bond acceptors (Lipinski definition) is 3. The van der Waals surface area contributed by atoms with E-state index in [1.807, 2.05) is 151 Å². The molecule has 0 aromatic heterocycles. The Labute approximate surface area is 497 Å². The van der Waals surface area contributed by atoms with Gasteiger partial charge in [0.25, 0.3) is 0 Å². The molecule has 10 rings (SSSR count). The smallest absolute Gasteiger partial charge is 0.0388 e. The molecule has 0 spiro atoms. The molecular weight excluding hydrogens is 931 g/mol. The van der Waals surface area contributed by atoms with E-state index in [0.717, 1.165) is 13.1 Å². The normalized spacial score (nSPS) is 17.9. The fraction of sp³-hybridized carbons (Fsp3) is 0.946. The van der Waals surface area contributed by atoms with E-state index in [1.54, 1.807) is 0 Å². The van der Waals surface area contributed by atoms with Crippen LogP contribution in [0.1, 0.15) is 434 Å². The van der Waals surface area contributed by atoms with E-state index in [-0.39, 0.29) is 0 Å². The second-order valence-corrected chi connectivity index (χ2v) is 18.4. The van der Waals surface area contributed by atoms with Crippen molar-refractivity contribution in [2.75, 3.05) is 26.2 Å². The van der Waals surface area contributed by atoms with Crippen LogP contribution >= 0.6 is 0 Å². The molecule has 1 N–H and O–H groups in total. The van der Waals surface area contributed by atoms with Crippen LogP contribution in [0.15, 0.2) is 22.1 Å². The first-order valence-electron chi connectivity index (χ1n) is 36.8. The summed E-state index contributed by atoms with van der Waals surface area (Å²) in [6, 6.07) is 0. The molecule has 0 radical (unpaired) electrons. The lowest BCUT2D eigenvalue weighted by Crippen LogP contribution is -2.03. The van der Waals surface area contributed by atoms with Gasteiger partial charge in [-0.3, -0.25) is 9.98 Å². The minimum absolute atomic E-state index is 1.07. The molecule has 0 bridgehead atoms. The van der Waals surface area contributed by atoms with Gasteiger partial charge >= 0.3 is 0 Å². The SMILES string of the molecule is C1=CCCCC1.C1=NCCC1.C1=NCCCC1.C1CCCC1.C1CCCC1.C1CCCCC1.C1CCCCC1.C1CCCCC1.C1CCCCCC1.C1CCNC1.CC.CC.CC.CC.CC.CC.CC.CC.CC.CC. The molecule has 0 aromatic rings. The first-order valence-corrected chi connectivity index (χ1v) is 36.8. The van der Waals surface area contributed by atoms with Crippen LogP contribution in [0.2, 0.25) is 0 Å². The average molecular weight is 1100 g/mol. The lowest BCUT2D eigenvalue weighted by Gasteiger charge is -2.05. The lowest BCUT2D eigenvalue weighted by atomic mass is 10.0. The Bertz CT molecular complexity index is 611. The molecule has 3 aliphatic heterocycles. The maximum Gasteiger partial charge on any atom is 0.0388 e. The standard InChI is InChI=1S/C7H14.3C6H12.C6H10.C5H9N.2C5H10.C4H9N.C4H7N.10C2H6/c1-2-4-6-7-5-3-1;5*1-2-4-6-5-3-1;4*1-2-4-5-3-1;10*1-2/h1-7H2;3*1-6H2;1-2H,3-6H2;4H,1-3,5H2;2*1-5H2;5H,1-4H2;3H,1-2,4H2;10*1-2H3. The zero-order valence-corrected chi connectivity index (χ0v) is 59.1. The monoisotopic (exact) mass is 1100 g/mol. The summed E-state index contributed by atoms with van der Waals surface area (Å²) < 4.78 is 0. The van der Waals surface area contributed by atoms with Gasteiger partial charge in [-0.15, -0.1) is 0 Å². The van der Waals surface area contributed by atoms with Gasteiger partial charge in [0.1, 0.15) is 0 Å². The van der Waals surface area contributed by atoms with E-state index in [0.29, 0.717) is 0 Å². The predicted octanol–water partition coefficient (Wildman–Crippen LogP) is 28.5. The second-order valence-electron chi connectivity index (χ2n) is 18.4. The largest absolute Gasteiger partial charge is 0.317 e. The second kappa shape index (κ2) is 131. The van der Waals surface area contributed by atoms with E-state index in [9.17, 15) is 0 Å². The highest BCUT2D eigenvalue weighted by molar-refractivity contribution is 5.58. The van der Waals surface area contributed by atoms with E-state index in [1.165, 1.54) is 308 Å². The highest BCUT2D eigenvalue weighted by atomic mass is 14.9. The van der Waals surface area contributed by atoms with Crippen molar-refractivity contribution in [3.05, 3.63) is 12.2 Å². The number of rotatable bonds is 0. The van der Waals surface area contributed by atoms with Crippen LogP contribution in [0.25, 0.3) is 0 Å². The molecule has 0 aromatic carbocycles. The van der Waals surface area contributed by atoms with Crippen molar-refractivity contribution in [2.24, 2.45) is 9.98 Å². The molecule has 0 amide bonds. The van der Waals surface area contributed by atoms with Gasteiger partial charge in [-0.1, -0.05) is 375 Å². The molecule has 476 valence electrons. The Balaban J connectivity index is -0.0000000782. The maximum atomic E-state index is 4.05. The van der Waals surface area contributed by atoms with Crippen molar-refractivity contribution in [1.29, 1.82) is 0 Å². The summed E-state index contributed by atoms with van der Waals surface area (Å²) in [5.74, 6) is 0. The first kappa shape index (κ1) is 98.2. The topological polar surface area (TPSA) is 36.8 Å². The Hall–Kier alpha value is -0.960. The summed E-state index contributed by atoms with van der Waals surface area (Å²) in [4.78, 5) is 8.01. The van der Waals surface area contributed by atoms with Crippen LogP contribution in [0.4, 0.5) is 0 Å². The molecule has 7 fully saturated rings. The molecular formula is C74H165N3. The first-order chi connectivity index (χ1) is 38.5. The summed E-state index contributed by atoms with van der Waals surface area (Å²) >= 11 is 0. The van der Waals surface area contributed by atoms with Gasteiger partial charge in [-0.25, -0.2) is 0 Å². The predicted molar refractivity (Wildman–Crippen MR) is 375 cm³/mol. The molecule has 0 unspecified atom stereocenters. The Morgan fingerprint density at radius 3 is 0.416 bits per heavy atom. The van der Waals surface area contributed by atoms with Gasteiger partial charge in [0, 0.05) is 13.1 Å². The van der Waals surface area contributed by atoms with Gasteiger partial charge in [0.05, 0.1) is 0 Å². The molecule has 77 heavy (non-hydrogen) atoms. The van der Waals surface area contributed by atoms with Crippen molar-refractivity contribution in [3.63, 3.8) is 0 Å². The molecule has 10 aliphatic rings. The van der Waals surface area contributed by atoms with Gasteiger partial charge in [-0.2, -0.15) is 0 Å². The van der Waals surface area contributed by atoms with Gasteiger partial charge in [0.2, 0.25) is 0 Å². The molecule has 6 saturated carbocycles. The third kappa shape index (κ3) is 127. The highest BCUT2D eigenvalue weighted by Gasteiger charge is 1.99. The van der Waals surface area contributed by atoms with Crippen LogP contribution in [-0.4, -0.2) is 38.6 Å². The fourth-order valence-electron chi connectivity index (χ4n) is 8.65. The number of nitrogens with one attached hydrogen (secondary N) is 1. The summed E-state index contributed by atoms with van der Waals surface area (Å²) in [5.41, 5.74) is 0. The quantitative estimate of drug-likeness (QED) is 0.190. The van der Waals surface area contributed by atoms with Crippen LogP contribution in [0, 0.1) is 0 Å². The summed E-state index contributed by atoms with van der Waals surface area (Å²) in [6.45, 7) is 44.6. The Morgan fingerprint density at radius 1 is 0.182 bits per heavy atom. The number of hydrogen-bond donors (Lipinski definition) is 1. The maximum absolute atomic E-state index is 4.05. The zero-order chi connectivity index (χ0) is 60.3. The third-order valence-corrected chi connectivity index (χ3v) is 12.6. The van der Waals surface area contributed by atoms with Crippen LogP contribution in [0.3, 0.4) is 0 Å². The zero-order valence-electron chi connectivity index (χ0n) is 59.1. The number of allylic oxidation sites excluding steroid dienone is 2. The van der Waals surface area contributed by atoms with Crippen molar-refractivity contribution >= 4 is 12.4 Å². The van der Waals surface area contributed by atoms with Gasteiger partial charge in [-0.05, 0) is 96.1 Å². The van der Waals surface area contributed by atoms with Crippen molar-refractivity contribution in [1.82, 2.24) is 5.32 Å². The third-order valence-electron chi connectivity index (χ3n) is 12.6. The van der Waals surface area contributed by atoms with Crippen molar-refractivity contribution < 1.29 is 0 Å². The van der Waals surface area contributed by atoms with E-state index >= 15 is 0 Å². The fourth-order valence-corrected chi connectivity index (χ4v) is 8.65. The van der Waals surface area contributed by atoms with E-state index < -0.39 is 0 Å². The van der Waals surface area contributed by atoms with Crippen molar-refractivity contribution in [2.45, 2.75) is 434 Å². The minimum atomic E-state index is 1.07. The molecule has 3 heteroatoms. The molecule has 3 nitrogen and oxygen atoms in total. The molecule has 3 heterocycles. The van der Waals surface area contributed by atoms with Gasteiger partial charge < -0.3 is 5.32 Å². The minimum Gasteiger partial charge on any atom is -0.317 e. The van der Waals surface area contributed by atoms with Crippen molar-refractivity contribution in [3.8, 4) is 0 Å². The summed E-state index contributed by atoms with van der Waals surface area (Å²) in [5, 5.41) is 3.22. The lowest BCUT2D eigenvalue weighted by molar-refractivity contribution is 0.504. The number of nitrogens with zero attached hydrogens (tertiary/aromatic N) is 2. The Morgan fingerprint density at radius 2 is 0.351 bits per heavy atom. The van der Waals surface area contributed by atoms with Crippen LogP contribution in [-0.2, 0) is 0 Å². The van der Waals surface area contributed by atoms with Gasteiger partial charge in [0.15, 0.2) is 0 Å². The van der Waals surface area contributed by atoms with Crippen LogP contribution in [0.5, 0.6) is 0 Å². The highest BCUT2D eigenvalue weighted by Crippen LogP contribution is 2.18. The molecule has 7 aliphatic carbocycles. The molecule has 0 atom stereocenters. The summed E-state index contributed by atoms with van der Waals surface area (Å²) in [7, 11) is 0. The van der Waals surface area contributed by atoms with E-state index in [4.69, 9.17) is 0 Å². The average Bonchev–Trinajstić information content (AvgIpc) is 4.48. The summed E-state index contributed by atoms with van der Waals surface area (Å²) in [6.07, 6.45) is 75.6.